The predicted molar refractivity (Wildman–Crippen MR) is 88.2 cm³/mol. The molecule has 132 valence electrons. The lowest BCUT2D eigenvalue weighted by atomic mass is 10.1. The number of carbonyl (C=O) groups excluding carboxylic acids is 2. The minimum Gasteiger partial charge on any atom is -0.459 e. The Bertz CT molecular complexity index is 870. The fraction of sp³-hybridized carbons (Fsp3) is 0.0588. The molecular weight excluding hydrogens is 342 g/mol. The second kappa shape index (κ2) is 7.34. The van der Waals surface area contributed by atoms with Gasteiger partial charge in [0, 0.05) is 17.7 Å². The largest absolute Gasteiger partial charge is 0.459 e. The topological polar surface area (TPSA) is 128 Å². The molecule has 0 aliphatic heterocycles. The maximum absolute atomic E-state index is 12.3. The van der Waals surface area contributed by atoms with Gasteiger partial charge in [0.05, 0.1) is 17.4 Å². The van der Waals surface area contributed by atoms with Crippen LogP contribution in [0.1, 0.15) is 32.8 Å². The Balaban J connectivity index is 1.87. The first-order chi connectivity index (χ1) is 12.5. The standard InChI is InChI=1S/C17H13N3O6/c21-16(13-6-2-8-25-13)18-15(19-17(22)14-7-3-9-26-14)11-4-1-5-12(10-11)20(23)24/h1-10,15H,(H,18,21)(H,19,22). The van der Waals surface area contributed by atoms with Gasteiger partial charge in [-0.1, -0.05) is 12.1 Å². The molecule has 0 saturated carbocycles. The first-order valence-electron chi connectivity index (χ1n) is 7.47. The molecule has 9 heteroatoms. The fourth-order valence-electron chi connectivity index (χ4n) is 2.24. The molecule has 0 aliphatic rings. The van der Waals surface area contributed by atoms with E-state index in [-0.39, 0.29) is 17.2 Å². The lowest BCUT2D eigenvalue weighted by molar-refractivity contribution is -0.384. The summed E-state index contributed by atoms with van der Waals surface area (Å²) in [6, 6.07) is 11.6. The van der Waals surface area contributed by atoms with E-state index < -0.39 is 22.9 Å². The summed E-state index contributed by atoms with van der Waals surface area (Å²) in [5.74, 6) is -1.11. The Kier molecular flexibility index (Phi) is 4.79. The summed E-state index contributed by atoms with van der Waals surface area (Å²) in [7, 11) is 0. The molecule has 0 aliphatic carbocycles. The first-order valence-corrected chi connectivity index (χ1v) is 7.47. The molecule has 3 rings (SSSR count). The van der Waals surface area contributed by atoms with Crippen molar-refractivity contribution in [2.75, 3.05) is 0 Å². The van der Waals surface area contributed by atoms with Crippen LogP contribution in [0.4, 0.5) is 5.69 Å². The molecule has 0 unspecified atom stereocenters. The number of non-ortho nitro benzene ring substituents is 1. The number of nitrogens with zero attached hydrogens (tertiary/aromatic N) is 1. The molecule has 0 radical (unpaired) electrons. The van der Waals surface area contributed by atoms with Gasteiger partial charge in [-0.3, -0.25) is 19.7 Å². The molecule has 0 atom stereocenters. The van der Waals surface area contributed by atoms with Gasteiger partial charge in [0.1, 0.15) is 6.17 Å². The lowest BCUT2D eigenvalue weighted by Gasteiger charge is -2.19. The molecular formula is C17H13N3O6. The van der Waals surface area contributed by atoms with Gasteiger partial charge in [0.15, 0.2) is 11.5 Å². The van der Waals surface area contributed by atoms with Crippen LogP contribution in [0.5, 0.6) is 0 Å². The van der Waals surface area contributed by atoms with Gasteiger partial charge in [0.2, 0.25) is 0 Å². The Morgan fingerprint density at radius 1 is 0.923 bits per heavy atom. The van der Waals surface area contributed by atoms with Crippen LogP contribution in [0.2, 0.25) is 0 Å². The highest BCUT2D eigenvalue weighted by molar-refractivity contribution is 5.94. The minimum absolute atomic E-state index is 0.0349. The quantitative estimate of drug-likeness (QED) is 0.397. The third-order valence-electron chi connectivity index (χ3n) is 3.46. The summed E-state index contributed by atoms with van der Waals surface area (Å²) in [4.78, 5) is 35.0. The van der Waals surface area contributed by atoms with Crippen molar-refractivity contribution in [1.82, 2.24) is 10.6 Å². The first kappa shape index (κ1) is 17.0. The number of furan rings is 2. The summed E-state index contributed by atoms with van der Waals surface area (Å²) >= 11 is 0. The Labute approximate surface area is 146 Å². The Hall–Kier alpha value is -3.88. The van der Waals surface area contributed by atoms with Crippen LogP contribution < -0.4 is 10.6 Å². The average Bonchev–Trinajstić information content (AvgIpc) is 3.34. The van der Waals surface area contributed by atoms with Crippen LogP contribution in [0.25, 0.3) is 0 Å². The molecule has 0 spiro atoms. The second-order valence-electron chi connectivity index (χ2n) is 5.19. The monoisotopic (exact) mass is 355 g/mol. The summed E-state index contributed by atoms with van der Waals surface area (Å²) in [5, 5.41) is 16.1. The second-order valence-corrected chi connectivity index (χ2v) is 5.19. The zero-order valence-corrected chi connectivity index (χ0v) is 13.2. The number of nitro groups is 1. The number of rotatable bonds is 6. The van der Waals surface area contributed by atoms with E-state index in [1.807, 2.05) is 0 Å². The van der Waals surface area contributed by atoms with Gasteiger partial charge >= 0.3 is 0 Å². The van der Waals surface area contributed by atoms with Crippen LogP contribution in [0.3, 0.4) is 0 Å². The van der Waals surface area contributed by atoms with Crippen molar-refractivity contribution in [3.63, 3.8) is 0 Å². The summed E-state index contributed by atoms with van der Waals surface area (Å²) < 4.78 is 10.0. The van der Waals surface area contributed by atoms with Gasteiger partial charge < -0.3 is 19.5 Å². The maximum atomic E-state index is 12.3. The highest BCUT2D eigenvalue weighted by Gasteiger charge is 2.22. The molecule has 2 N–H and O–H groups in total. The third-order valence-corrected chi connectivity index (χ3v) is 3.46. The Morgan fingerprint density at radius 2 is 1.50 bits per heavy atom. The van der Waals surface area contributed by atoms with Crippen LogP contribution in [-0.2, 0) is 0 Å². The fourth-order valence-corrected chi connectivity index (χ4v) is 2.24. The van der Waals surface area contributed by atoms with E-state index in [4.69, 9.17) is 8.83 Å². The smallest absolute Gasteiger partial charge is 0.288 e. The normalized spacial score (nSPS) is 10.5. The van der Waals surface area contributed by atoms with Crippen molar-refractivity contribution in [1.29, 1.82) is 0 Å². The zero-order chi connectivity index (χ0) is 18.5. The Morgan fingerprint density at radius 3 is 1.96 bits per heavy atom. The van der Waals surface area contributed by atoms with Crippen LogP contribution in [0, 0.1) is 10.1 Å². The summed E-state index contributed by atoms with van der Waals surface area (Å²) in [6.07, 6.45) is 1.63. The van der Waals surface area contributed by atoms with Crippen LogP contribution in [0.15, 0.2) is 69.9 Å². The highest BCUT2D eigenvalue weighted by Crippen LogP contribution is 2.19. The van der Waals surface area contributed by atoms with Crippen molar-refractivity contribution >= 4 is 17.5 Å². The van der Waals surface area contributed by atoms with Gasteiger partial charge in [0.25, 0.3) is 17.5 Å². The number of nitrogens with one attached hydrogen (secondary N) is 2. The van der Waals surface area contributed by atoms with E-state index >= 15 is 0 Å². The molecule has 9 nitrogen and oxygen atoms in total. The molecule has 2 heterocycles. The molecule has 26 heavy (non-hydrogen) atoms. The summed E-state index contributed by atoms with van der Waals surface area (Å²) in [6.45, 7) is 0. The van der Waals surface area contributed by atoms with Crippen molar-refractivity contribution in [3.05, 3.63) is 88.3 Å². The third kappa shape index (κ3) is 3.78. The molecule has 0 saturated heterocycles. The van der Waals surface area contributed by atoms with E-state index in [1.165, 1.54) is 42.9 Å². The van der Waals surface area contributed by atoms with Crippen molar-refractivity contribution in [2.45, 2.75) is 6.17 Å². The number of benzene rings is 1. The van der Waals surface area contributed by atoms with Crippen molar-refractivity contribution in [3.8, 4) is 0 Å². The van der Waals surface area contributed by atoms with E-state index in [9.17, 15) is 19.7 Å². The van der Waals surface area contributed by atoms with Crippen LogP contribution >= 0.6 is 0 Å². The molecule has 2 aromatic heterocycles. The van der Waals surface area contributed by atoms with E-state index in [0.29, 0.717) is 5.56 Å². The van der Waals surface area contributed by atoms with Crippen molar-refractivity contribution < 1.29 is 23.3 Å². The minimum atomic E-state index is -1.04. The van der Waals surface area contributed by atoms with Gasteiger partial charge in [-0.05, 0) is 24.3 Å². The number of hydrogen-bond acceptors (Lipinski definition) is 6. The molecule has 2 amide bonds. The van der Waals surface area contributed by atoms with E-state index in [2.05, 4.69) is 10.6 Å². The van der Waals surface area contributed by atoms with E-state index in [1.54, 1.807) is 18.2 Å². The average molecular weight is 355 g/mol. The molecule has 3 aromatic rings. The molecule has 1 aromatic carbocycles. The predicted octanol–water partition coefficient (Wildman–Crippen LogP) is 2.64. The SMILES string of the molecule is O=C(NC(NC(=O)c1ccco1)c1cccc([N+](=O)[O-])c1)c1ccco1. The van der Waals surface area contributed by atoms with Crippen molar-refractivity contribution in [2.24, 2.45) is 0 Å². The van der Waals surface area contributed by atoms with Crippen LogP contribution in [-0.4, -0.2) is 16.7 Å². The summed E-state index contributed by atoms with van der Waals surface area (Å²) in [5.41, 5.74) is 0.144. The number of carbonyl (C=O) groups is 2. The maximum Gasteiger partial charge on any atom is 0.288 e. The zero-order valence-electron chi connectivity index (χ0n) is 13.2. The number of nitro benzene ring substituents is 1. The number of amides is 2. The number of hydrogen-bond donors (Lipinski definition) is 2. The van der Waals surface area contributed by atoms with E-state index in [0.717, 1.165) is 0 Å². The lowest BCUT2D eigenvalue weighted by Crippen LogP contribution is -2.41. The van der Waals surface area contributed by atoms with Gasteiger partial charge in [-0.15, -0.1) is 0 Å². The highest BCUT2D eigenvalue weighted by atomic mass is 16.6. The molecule has 0 bridgehead atoms. The molecule has 0 fully saturated rings. The van der Waals surface area contributed by atoms with Gasteiger partial charge in [-0.2, -0.15) is 0 Å². The van der Waals surface area contributed by atoms with Gasteiger partial charge in [-0.25, -0.2) is 0 Å².